The molecular formula is C20H21ClN4OS2. The number of anilines is 2. The molecule has 146 valence electrons. The average Bonchev–Trinajstić information content (AvgIpc) is 2.71. The number of hydrogen-bond acceptors (Lipinski definition) is 7. The molecule has 0 atom stereocenters. The van der Waals surface area contributed by atoms with Crippen molar-refractivity contribution in [2.75, 3.05) is 29.7 Å². The molecule has 0 unspecified atom stereocenters. The number of hydrogen-bond donors (Lipinski definition) is 2. The molecule has 28 heavy (non-hydrogen) atoms. The molecule has 1 heterocycles. The van der Waals surface area contributed by atoms with Crippen molar-refractivity contribution in [3.8, 4) is 5.75 Å². The molecule has 3 aromatic rings. The molecule has 2 aromatic carbocycles. The number of nitrogen functional groups attached to an aromatic ring is 1. The molecule has 0 radical (unpaired) electrons. The molecule has 8 heteroatoms. The van der Waals surface area contributed by atoms with Crippen LogP contribution in [-0.2, 0) is 6.54 Å². The Hall–Kier alpha value is -2.09. The van der Waals surface area contributed by atoms with E-state index in [2.05, 4.69) is 15.3 Å². The number of benzene rings is 2. The van der Waals surface area contributed by atoms with Gasteiger partial charge in [-0.15, -0.1) is 11.8 Å². The Morgan fingerprint density at radius 2 is 1.82 bits per heavy atom. The van der Waals surface area contributed by atoms with Crippen molar-refractivity contribution in [1.82, 2.24) is 9.97 Å². The molecule has 0 aliphatic carbocycles. The van der Waals surface area contributed by atoms with Crippen LogP contribution in [0.1, 0.15) is 5.56 Å². The SMILES string of the molecule is CSc1nc(N)cc(NCc2ccc(OCCSc3ccc(Cl)cc3)cc2)n1. The van der Waals surface area contributed by atoms with Crippen LogP contribution in [0.3, 0.4) is 0 Å². The van der Waals surface area contributed by atoms with Crippen LogP contribution in [0.25, 0.3) is 0 Å². The van der Waals surface area contributed by atoms with Crippen LogP contribution in [0, 0.1) is 0 Å². The van der Waals surface area contributed by atoms with Gasteiger partial charge in [0, 0.05) is 28.3 Å². The number of nitrogens with two attached hydrogens (primary N) is 1. The van der Waals surface area contributed by atoms with Gasteiger partial charge in [-0.3, -0.25) is 0 Å². The first-order valence-electron chi connectivity index (χ1n) is 8.65. The molecule has 3 N–H and O–H groups in total. The summed E-state index contributed by atoms with van der Waals surface area (Å²) in [7, 11) is 0. The molecule has 0 aliphatic rings. The van der Waals surface area contributed by atoms with E-state index in [0.717, 1.165) is 27.9 Å². The van der Waals surface area contributed by atoms with Gasteiger partial charge < -0.3 is 15.8 Å². The summed E-state index contributed by atoms with van der Waals surface area (Å²) < 4.78 is 5.81. The third kappa shape index (κ3) is 6.51. The maximum absolute atomic E-state index is 5.89. The topological polar surface area (TPSA) is 73.1 Å². The Labute approximate surface area is 178 Å². The van der Waals surface area contributed by atoms with Gasteiger partial charge in [0.25, 0.3) is 0 Å². The summed E-state index contributed by atoms with van der Waals surface area (Å²) in [5.74, 6) is 2.91. The molecule has 0 saturated carbocycles. The van der Waals surface area contributed by atoms with Gasteiger partial charge in [-0.2, -0.15) is 0 Å². The van der Waals surface area contributed by atoms with Gasteiger partial charge in [0.2, 0.25) is 0 Å². The number of rotatable bonds is 9. The summed E-state index contributed by atoms with van der Waals surface area (Å²) in [5.41, 5.74) is 6.93. The van der Waals surface area contributed by atoms with E-state index in [9.17, 15) is 0 Å². The number of aromatic nitrogens is 2. The monoisotopic (exact) mass is 432 g/mol. The number of ether oxygens (including phenoxy) is 1. The van der Waals surface area contributed by atoms with Crippen molar-refractivity contribution >= 4 is 46.8 Å². The third-order valence-electron chi connectivity index (χ3n) is 3.74. The average molecular weight is 433 g/mol. The lowest BCUT2D eigenvalue weighted by molar-refractivity contribution is 0.344. The van der Waals surface area contributed by atoms with Crippen LogP contribution < -0.4 is 15.8 Å². The highest BCUT2D eigenvalue weighted by atomic mass is 35.5. The summed E-state index contributed by atoms with van der Waals surface area (Å²) in [6.07, 6.45) is 1.92. The first-order valence-corrected chi connectivity index (χ1v) is 11.2. The van der Waals surface area contributed by atoms with Gasteiger partial charge in [0.05, 0.1) is 6.61 Å². The van der Waals surface area contributed by atoms with Gasteiger partial charge in [-0.25, -0.2) is 9.97 Å². The van der Waals surface area contributed by atoms with Crippen LogP contribution in [0.2, 0.25) is 5.02 Å². The molecule has 0 saturated heterocycles. The Morgan fingerprint density at radius 1 is 1.07 bits per heavy atom. The van der Waals surface area contributed by atoms with Crippen LogP contribution >= 0.6 is 35.1 Å². The van der Waals surface area contributed by atoms with Crippen molar-refractivity contribution < 1.29 is 4.74 Å². The molecule has 3 rings (SSSR count). The van der Waals surface area contributed by atoms with Gasteiger partial charge in [-0.05, 0) is 48.2 Å². The molecule has 0 bridgehead atoms. The summed E-state index contributed by atoms with van der Waals surface area (Å²) in [5, 5.41) is 4.68. The predicted molar refractivity (Wildman–Crippen MR) is 120 cm³/mol. The highest BCUT2D eigenvalue weighted by molar-refractivity contribution is 7.99. The molecule has 0 spiro atoms. The Bertz CT molecular complexity index is 892. The molecule has 0 amide bonds. The van der Waals surface area contributed by atoms with Crippen LogP contribution in [0.4, 0.5) is 11.6 Å². The quantitative estimate of drug-likeness (QED) is 0.273. The van der Waals surface area contributed by atoms with E-state index in [0.29, 0.717) is 24.1 Å². The minimum atomic E-state index is 0.460. The van der Waals surface area contributed by atoms with Crippen LogP contribution in [-0.4, -0.2) is 28.6 Å². The summed E-state index contributed by atoms with van der Waals surface area (Å²) in [4.78, 5) is 9.72. The summed E-state index contributed by atoms with van der Waals surface area (Å²) in [6, 6.07) is 17.6. The van der Waals surface area contributed by atoms with E-state index in [-0.39, 0.29) is 0 Å². The molecule has 0 aliphatic heterocycles. The van der Waals surface area contributed by atoms with Gasteiger partial charge in [-0.1, -0.05) is 35.5 Å². The highest BCUT2D eigenvalue weighted by Crippen LogP contribution is 2.21. The fraction of sp³-hybridized carbons (Fsp3) is 0.200. The number of thioether (sulfide) groups is 2. The van der Waals surface area contributed by atoms with Crippen LogP contribution in [0.5, 0.6) is 5.75 Å². The zero-order valence-corrected chi connectivity index (χ0v) is 17.8. The van der Waals surface area contributed by atoms with Gasteiger partial charge >= 0.3 is 0 Å². The van der Waals surface area contributed by atoms with E-state index in [1.165, 1.54) is 16.7 Å². The lowest BCUT2D eigenvalue weighted by Crippen LogP contribution is -2.05. The molecule has 0 fully saturated rings. The fourth-order valence-electron chi connectivity index (χ4n) is 2.37. The lowest BCUT2D eigenvalue weighted by Gasteiger charge is -2.09. The Morgan fingerprint density at radius 3 is 2.54 bits per heavy atom. The van der Waals surface area contributed by atoms with Crippen molar-refractivity contribution in [2.45, 2.75) is 16.6 Å². The van der Waals surface area contributed by atoms with Crippen molar-refractivity contribution in [3.63, 3.8) is 0 Å². The minimum Gasteiger partial charge on any atom is -0.493 e. The van der Waals surface area contributed by atoms with E-state index < -0.39 is 0 Å². The zero-order valence-electron chi connectivity index (χ0n) is 15.4. The Balaban J connectivity index is 1.43. The second kappa shape index (κ2) is 10.5. The largest absolute Gasteiger partial charge is 0.493 e. The zero-order chi connectivity index (χ0) is 19.8. The lowest BCUT2D eigenvalue weighted by atomic mass is 10.2. The van der Waals surface area contributed by atoms with E-state index in [1.807, 2.05) is 54.8 Å². The maximum atomic E-state index is 5.89. The minimum absolute atomic E-state index is 0.460. The van der Waals surface area contributed by atoms with Crippen molar-refractivity contribution in [2.24, 2.45) is 0 Å². The Kier molecular flexibility index (Phi) is 7.71. The highest BCUT2D eigenvalue weighted by Gasteiger charge is 2.02. The second-order valence-corrected chi connectivity index (χ2v) is 8.19. The first-order chi connectivity index (χ1) is 13.6. The number of nitrogens with one attached hydrogen (secondary N) is 1. The summed E-state index contributed by atoms with van der Waals surface area (Å²) in [6.45, 7) is 1.29. The molecule has 1 aromatic heterocycles. The maximum Gasteiger partial charge on any atom is 0.191 e. The standard InChI is InChI=1S/C20H21ClN4OS2/c1-27-20-24-18(22)12-19(25-20)23-13-14-2-6-16(7-3-14)26-10-11-28-17-8-4-15(21)5-9-17/h2-9,12H,10-11,13H2,1H3,(H3,22,23,24,25). The van der Waals surface area contributed by atoms with Crippen molar-refractivity contribution in [3.05, 3.63) is 65.2 Å². The number of halogens is 1. The predicted octanol–water partition coefficient (Wildman–Crippen LogP) is 5.22. The molecule has 5 nitrogen and oxygen atoms in total. The smallest absolute Gasteiger partial charge is 0.191 e. The van der Waals surface area contributed by atoms with Gasteiger partial charge in [0.1, 0.15) is 17.4 Å². The molecular weight excluding hydrogens is 412 g/mol. The fourth-order valence-corrected chi connectivity index (χ4v) is 3.61. The van der Waals surface area contributed by atoms with E-state index in [1.54, 1.807) is 17.8 Å². The number of nitrogens with zero attached hydrogens (tertiary/aromatic N) is 2. The third-order valence-corrected chi connectivity index (χ3v) is 5.52. The van der Waals surface area contributed by atoms with Gasteiger partial charge in [0.15, 0.2) is 5.16 Å². The summed E-state index contributed by atoms with van der Waals surface area (Å²) >= 11 is 9.10. The van der Waals surface area contributed by atoms with Crippen molar-refractivity contribution in [1.29, 1.82) is 0 Å². The van der Waals surface area contributed by atoms with E-state index in [4.69, 9.17) is 22.1 Å². The normalized spacial score (nSPS) is 10.6. The first kappa shape index (κ1) is 20.6. The second-order valence-electron chi connectivity index (χ2n) is 5.81. The van der Waals surface area contributed by atoms with Crippen LogP contribution in [0.15, 0.2) is 64.6 Å². The van der Waals surface area contributed by atoms with E-state index >= 15 is 0 Å².